The van der Waals surface area contributed by atoms with Crippen LogP contribution in [0.25, 0.3) is 0 Å². The lowest BCUT2D eigenvalue weighted by Crippen LogP contribution is -2.18. The quantitative estimate of drug-likeness (QED) is 0.669. The molecular weight excluding hydrogens is 176 g/mol. The van der Waals surface area contributed by atoms with E-state index < -0.39 is 15.9 Å². The molecule has 0 aliphatic carbocycles. The van der Waals surface area contributed by atoms with Gasteiger partial charge in [0.05, 0.1) is 16.8 Å². The van der Waals surface area contributed by atoms with Crippen LogP contribution in [0.5, 0.6) is 0 Å². The highest BCUT2D eigenvalue weighted by molar-refractivity contribution is 7.95. The second-order valence-electron chi connectivity index (χ2n) is 2.53. The van der Waals surface area contributed by atoms with Gasteiger partial charge in [-0.2, -0.15) is 0 Å². The maximum Gasteiger partial charge on any atom is 0.180 e. The van der Waals surface area contributed by atoms with Gasteiger partial charge < -0.3 is 5.11 Å². The summed E-state index contributed by atoms with van der Waals surface area (Å²) in [5, 5.41) is 8.89. The average molecular weight is 190 g/mol. The zero-order valence-electron chi connectivity index (χ0n) is 7.32. The number of aliphatic hydroxyl groups excluding tert-OH is 1. The number of aliphatic hydroxyl groups is 1. The summed E-state index contributed by atoms with van der Waals surface area (Å²) >= 11 is 0. The maximum atomic E-state index is 11.3. The fourth-order valence-electron chi connectivity index (χ4n) is 0.838. The van der Waals surface area contributed by atoms with Gasteiger partial charge in [-0.25, -0.2) is 8.42 Å². The lowest BCUT2D eigenvalue weighted by molar-refractivity contribution is 0.218. The molecule has 4 heteroatoms. The molecule has 0 rings (SSSR count). The summed E-state index contributed by atoms with van der Waals surface area (Å²) in [6.07, 6.45) is 1.90. The fraction of sp³-hybridized carbons (Fsp3) is 0.500. The van der Waals surface area contributed by atoms with Crippen molar-refractivity contribution in [3.05, 3.63) is 23.6 Å². The van der Waals surface area contributed by atoms with E-state index in [9.17, 15) is 8.42 Å². The number of sulfone groups is 1. The van der Waals surface area contributed by atoms with E-state index in [1.54, 1.807) is 6.92 Å². The zero-order valence-corrected chi connectivity index (χ0v) is 8.13. The Balaban J connectivity index is 4.74. The highest BCUT2D eigenvalue weighted by Crippen LogP contribution is 2.09. The Bertz CT molecular complexity index is 273. The summed E-state index contributed by atoms with van der Waals surface area (Å²) < 4.78 is 22.6. The minimum Gasteiger partial charge on any atom is -0.392 e. The lowest BCUT2D eigenvalue weighted by Gasteiger charge is -2.05. The predicted molar refractivity (Wildman–Crippen MR) is 49.4 cm³/mol. The molecule has 1 atom stereocenters. The molecule has 0 fully saturated rings. The van der Waals surface area contributed by atoms with Crippen molar-refractivity contribution in [1.82, 2.24) is 0 Å². The van der Waals surface area contributed by atoms with Crippen molar-refractivity contribution < 1.29 is 13.5 Å². The van der Waals surface area contributed by atoms with Gasteiger partial charge in [-0.1, -0.05) is 18.7 Å². The molecule has 12 heavy (non-hydrogen) atoms. The largest absolute Gasteiger partial charge is 0.392 e. The zero-order chi connectivity index (χ0) is 9.78. The standard InChI is InChI=1S/C8H14O3S/c1-4-8(5-2)12(10,11)6-7(3)9/h4-5,7,9H,1,6H2,2-3H3. The first-order valence-electron chi connectivity index (χ1n) is 3.63. The minimum atomic E-state index is -3.33. The van der Waals surface area contributed by atoms with Crippen LogP contribution in [-0.2, 0) is 9.84 Å². The van der Waals surface area contributed by atoms with E-state index in [2.05, 4.69) is 6.58 Å². The van der Waals surface area contributed by atoms with Crippen LogP contribution in [0.1, 0.15) is 13.8 Å². The minimum absolute atomic E-state index is 0.170. The number of rotatable bonds is 4. The fourth-order valence-corrected chi connectivity index (χ4v) is 2.28. The van der Waals surface area contributed by atoms with Gasteiger partial charge >= 0.3 is 0 Å². The molecule has 70 valence electrons. The monoisotopic (exact) mass is 190 g/mol. The Morgan fingerprint density at radius 1 is 1.67 bits per heavy atom. The third-order valence-corrected chi connectivity index (χ3v) is 3.35. The summed E-state index contributed by atoms with van der Waals surface area (Å²) in [6, 6.07) is 0. The molecule has 0 radical (unpaired) electrons. The first-order valence-corrected chi connectivity index (χ1v) is 5.29. The summed E-state index contributed by atoms with van der Waals surface area (Å²) in [5.74, 6) is -0.251. The normalized spacial score (nSPS) is 15.8. The van der Waals surface area contributed by atoms with Crippen molar-refractivity contribution in [3.63, 3.8) is 0 Å². The lowest BCUT2D eigenvalue weighted by atomic mass is 10.5. The highest BCUT2D eigenvalue weighted by atomic mass is 32.2. The van der Waals surface area contributed by atoms with Gasteiger partial charge in [0, 0.05) is 0 Å². The molecule has 0 spiro atoms. The van der Waals surface area contributed by atoms with Crippen molar-refractivity contribution in [2.75, 3.05) is 5.75 Å². The Morgan fingerprint density at radius 3 is 2.42 bits per heavy atom. The number of allylic oxidation sites excluding steroid dienone is 2. The molecule has 0 saturated carbocycles. The van der Waals surface area contributed by atoms with E-state index in [0.717, 1.165) is 0 Å². The topological polar surface area (TPSA) is 54.4 Å². The van der Waals surface area contributed by atoms with Crippen LogP contribution >= 0.6 is 0 Å². The van der Waals surface area contributed by atoms with Crippen molar-refractivity contribution >= 4 is 9.84 Å². The second-order valence-corrected chi connectivity index (χ2v) is 4.56. The SMILES string of the molecule is C=CC(=CC)S(=O)(=O)CC(C)O. The molecule has 0 amide bonds. The van der Waals surface area contributed by atoms with Gasteiger partial charge in [-0.05, 0) is 13.8 Å². The van der Waals surface area contributed by atoms with Gasteiger partial charge in [0.1, 0.15) is 0 Å². The third kappa shape index (κ3) is 3.19. The van der Waals surface area contributed by atoms with Crippen molar-refractivity contribution in [3.8, 4) is 0 Å². The van der Waals surface area contributed by atoms with Gasteiger partial charge in [0.2, 0.25) is 0 Å². The molecule has 0 aromatic heterocycles. The van der Waals surface area contributed by atoms with Crippen LogP contribution in [0.2, 0.25) is 0 Å². The van der Waals surface area contributed by atoms with E-state index in [1.165, 1.54) is 19.1 Å². The van der Waals surface area contributed by atoms with Crippen LogP contribution < -0.4 is 0 Å². The molecule has 1 unspecified atom stereocenters. The summed E-state index contributed by atoms with van der Waals surface area (Å²) in [7, 11) is -3.33. The van der Waals surface area contributed by atoms with Gasteiger partial charge in [0.15, 0.2) is 9.84 Å². The number of hydrogen-bond donors (Lipinski definition) is 1. The highest BCUT2D eigenvalue weighted by Gasteiger charge is 2.16. The van der Waals surface area contributed by atoms with Crippen molar-refractivity contribution in [1.29, 1.82) is 0 Å². The van der Waals surface area contributed by atoms with Crippen molar-refractivity contribution in [2.24, 2.45) is 0 Å². The summed E-state index contributed by atoms with van der Waals surface area (Å²) in [4.78, 5) is 0.170. The predicted octanol–water partition coefficient (Wildman–Crippen LogP) is 0.872. The molecule has 0 saturated heterocycles. The Hall–Kier alpha value is -0.610. The maximum absolute atomic E-state index is 11.3. The van der Waals surface area contributed by atoms with Crippen molar-refractivity contribution in [2.45, 2.75) is 20.0 Å². The molecule has 3 nitrogen and oxygen atoms in total. The Morgan fingerprint density at radius 2 is 2.17 bits per heavy atom. The first kappa shape index (κ1) is 11.4. The molecule has 1 N–H and O–H groups in total. The van der Waals surface area contributed by atoms with E-state index in [4.69, 9.17) is 5.11 Å². The molecule has 0 aliphatic heterocycles. The average Bonchev–Trinajstić information content (AvgIpc) is 1.85. The molecule has 0 aromatic rings. The molecular formula is C8H14O3S. The van der Waals surface area contributed by atoms with E-state index in [1.807, 2.05) is 0 Å². The summed E-state index contributed by atoms with van der Waals surface area (Å²) in [5.41, 5.74) is 0. The van der Waals surface area contributed by atoms with Gasteiger partial charge in [-0.3, -0.25) is 0 Å². The molecule has 0 bridgehead atoms. The van der Waals surface area contributed by atoms with Crippen LogP contribution in [0.4, 0.5) is 0 Å². The van der Waals surface area contributed by atoms with Crippen LogP contribution in [-0.4, -0.2) is 25.4 Å². The van der Waals surface area contributed by atoms with E-state index >= 15 is 0 Å². The van der Waals surface area contributed by atoms with Gasteiger partial charge in [0.25, 0.3) is 0 Å². The van der Waals surface area contributed by atoms with E-state index in [0.29, 0.717) is 0 Å². The second kappa shape index (κ2) is 4.42. The molecule has 0 aromatic carbocycles. The number of hydrogen-bond acceptors (Lipinski definition) is 3. The Labute approximate surface area is 73.3 Å². The van der Waals surface area contributed by atoms with Crippen LogP contribution in [0, 0.1) is 0 Å². The molecule has 0 heterocycles. The van der Waals surface area contributed by atoms with Crippen LogP contribution in [0.3, 0.4) is 0 Å². The van der Waals surface area contributed by atoms with Gasteiger partial charge in [-0.15, -0.1) is 0 Å². The first-order chi connectivity index (χ1) is 5.44. The van der Waals surface area contributed by atoms with E-state index in [-0.39, 0.29) is 10.7 Å². The summed E-state index contributed by atoms with van der Waals surface area (Å²) in [6.45, 7) is 6.44. The molecule has 0 aliphatic rings. The van der Waals surface area contributed by atoms with Crippen LogP contribution in [0.15, 0.2) is 23.6 Å². The Kier molecular flexibility index (Phi) is 4.20. The third-order valence-electron chi connectivity index (χ3n) is 1.31. The smallest absolute Gasteiger partial charge is 0.180 e.